The second kappa shape index (κ2) is 8.57. The van der Waals surface area contributed by atoms with Gasteiger partial charge < -0.3 is 10.1 Å². The SMILES string of the molecule is CC(C)COCCCNC(c1cccs1)c1cccs1. The lowest BCUT2D eigenvalue weighted by Gasteiger charge is -2.16. The lowest BCUT2D eigenvalue weighted by atomic mass is 10.2. The Bertz CT molecular complexity index is 417. The summed E-state index contributed by atoms with van der Waals surface area (Å²) in [4.78, 5) is 2.77. The summed E-state index contributed by atoms with van der Waals surface area (Å²) in [5.41, 5.74) is 0. The number of hydrogen-bond acceptors (Lipinski definition) is 4. The van der Waals surface area contributed by atoms with Crippen molar-refractivity contribution in [3.05, 3.63) is 44.8 Å². The molecule has 0 radical (unpaired) electrons. The van der Waals surface area contributed by atoms with Crippen molar-refractivity contribution < 1.29 is 4.74 Å². The number of thiophene rings is 2. The van der Waals surface area contributed by atoms with Crippen molar-refractivity contribution in [3.8, 4) is 0 Å². The number of hydrogen-bond donors (Lipinski definition) is 1. The molecular weight excluding hydrogens is 286 g/mol. The van der Waals surface area contributed by atoms with Crippen molar-refractivity contribution in [2.75, 3.05) is 19.8 Å². The van der Waals surface area contributed by atoms with Crippen molar-refractivity contribution >= 4 is 22.7 Å². The maximum Gasteiger partial charge on any atom is 0.0764 e. The Morgan fingerprint density at radius 3 is 2.25 bits per heavy atom. The third kappa shape index (κ3) is 5.02. The van der Waals surface area contributed by atoms with Crippen LogP contribution in [0.25, 0.3) is 0 Å². The normalized spacial score (nSPS) is 11.6. The first kappa shape index (κ1) is 15.7. The molecular formula is C16H23NOS2. The molecule has 0 amide bonds. The van der Waals surface area contributed by atoms with Crippen molar-refractivity contribution in [3.63, 3.8) is 0 Å². The summed E-state index contributed by atoms with van der Waals surface area (Å²) < 4.78 is 5.62. The van der Waals surface area contributed by atoms with Crippen LogP contribution < -0.4 is 5.32 Å². The van der Waals surface area contributed by atoms with E-state index in [1.165, 1.54) is 9.75 Å². The molecule has 0 saturated carbocycles. The molecule has 110 valence electrons. The van der Waals surface area contributed by atoms with Crippen molar-refractivity contribution in [2.24, 2.45) is 5.92 Å². The average Bonchev–Trinajstić information content (AvgIpc) is 3.10. The van der Waals surface area contributed by atoms with Crippen LogP contribution in [-0.2, 0) is 4.74 Å². The van der Waals surface area contributed by atoms with Gasteiger partial charge in [0.25, 0.3) is 0 Å². The highest BCUT2D eigenvalue weighted by atomic mass is 32.1. The maximum atomic E-state index is 5.62. The van der Waals surface area contributed by atoms with E-state index in [0.29, 0.717) is 12.0 Å². The number of rotatable bonds is 9. The van der Waals surface area contributed by atoms with E-state index < -0.39 is 0 Å². The summed E-state index contributed by atoms with van der Waals surface area (Å²) in [6.07, 6.45) is 1.06. The summed E-state index contributed by atoms with van der Waals surface area (Å²) in [7, 11) is 0. The Morgan fingerprint density at radius 2 is 1.75 bits per heavy atom. The fourth-order valence-electron chi connectivity index (χ4n) is 1.99. The minimum absolute atomic E-state index is 0.333. The quantitative estimate of drug-likeness (QED) is 0.686. The summed E-state index contributed by atoms with van der Waals surface area (Å²) in [5, 5.41) is 7.94. The van der Waals surface area contributed by atoms with Crippen LogP contribution in [0, 0.1) is 5.92 Å². The van der Waals surface area contributed by atoms with Gasteiger partial charge in [-0.05, 0) is 41.8 Å². The average molecular weight is 310 g/mol. The summed E-state index contributed by atoms with van der Waals surface area (Å²) in [6, 6.07) is 8.98. The smallest absolute Gasteiger partial charge is 0.0764 e. The van der Waals surface area contributed by atoms with Gasteiger partial charge in [0.1, 0.15) is 0 Å². The van der Waals surface area contributed by atoms with Crippen LogP contribution in [-0.4, -0.2) is 19.8 Å². The van der Waals surface area contributed by atoms with Crippen LogP contribution in [0.3, 0.4) is 0 Å². The Kier molecular flexibility index (Phi) is 6.73. The lowest BCUT2D eigenvalue weighted by Crippen LogP contribution is -2.23. The van der Waals surface area contributed by atoms with Crippen molar-refractivity contribution in [1.29, 1.82) is 0 Å². The summed E-state index contributed by atoms with van der Waals surface area (Å²) >= 11 is 3.63. The Morgan fingerprint density at radius 1 is 1.10 bits per heavy atom. The van der Waals surface area contributed by atoms with E-state index in [0.717, 1.165) is 26.2 Å². The summed E-state index contributed by atoms with van der Waals surface area (Å²) in [5.74, 6) is 0.618. The molecule has 2 aromatic heterocycles. The molecule has 0 bridgehead atoms. The Hall–Kier alpha value is -0.680. The number of ether oxygens (including phenoxy) is 1. The van der Waals surface area contributed by atoms with E-state index in [1.807, 2.05) is 22.7 Å². The van der Waals surface area contributed by atoms with Gasteiger partial charge >= 0.3 is 0 Å². The van der Waals surface area contributed by atoms with Gasteiger partial charge in [0, 0.05) is 23.0 Å². The molecule has 0 aromatic carbocycles. The van der Waals surface area contributed by atoms with Gasteiger partial charge in [-0.1, -0.05) is 26.0 Å². The van der Waals surface area contributed by atoms with Gasteiger partial charge in [-0.25, -0.2) is 0 Å². The standard InChI is InChI=1S/C16H23NOS2/c1-13(2)12-18-9-5-8-17-16(14-6-3-10-19-14)15-7-4-11-20-15/h3-4,6-7,10-11,13,16-17H,5,8-9,12H2,1-2H3. The van der Waals surface area contributed by atoms with Crippen LogP contribution in [0.2, 0.25) is 0 Å². The molecule has 2 rings (SSSR count). The molecule has 0 aliphatic carbocycles. The zero-order valence-corrected chi connectivity index (χ0v) is 13.8. The molecule has 2 heterocycles. The zero-order valence-electron chi connectivity index (χ0n) is 12.2. The fraction of sp³-hybridized carbons (Fsp3) is 0.500. The van der Waals surface area contributed by atoms with Gasteiger partial charge in [0.2, 0.25) is 0 Å². The van der Waals surface area contributed by atoms with Crippen LogP contribution >= 0.6 is 22.7 Å². The highest BCUT2D eigenvalue weighted by Crippen LogP contribution is 2.28. The van der Waals surface area contributed by atoms with Gasteiger partial charge in [0.05, 0.1) is 6.04 Å². The maximum absolute atomic E-state index is 5.62. The molecule has 2 nitrogen and oxygen atoms in total. The van der Waals surface area contributed by atoms with Crippen LogP contribution in [0.4, 0.5) is 0 Å². The second-order valence-corrected chi connectivity index (χ2v) is 7.20. The molecule has 20 heavy (non-hydrogen) atoms. The topological polar surface area (TPSA) is 21.3 Å². The fourth-order valence-corrected chi connectivity index (χ4v) is 3.70. The Balaban J connectivity index is 1.78. The molecule has 2 aromatic rings. The van der Waals surface area contributed by atoms with Gasteiger partial charge in [-0.3, -0.25) is 0 Å². The zero-order chi connectivity index (χ0) is 14.2. The molecule has 0 atom stereocenters. The molecule has 1 N–H and O–H groups in total. The van der Waals surface area contributed by atoms with Gasteiger partial charge in [0.15, 0.2) is 0 Å². The van der Waals surface area contributed by atoms with E-state index in [4.69, 9.17) is 4.74 Å². The first-order chi connectivity index (χ1) is 9.77. The van der Waals surface area contributed by atoms with E-state index in [2.05, 4.69) is 54.2 Å². The molecule has 0 saturated heterocycles. The predicted molar refractivity (Wildman–Crippen MR) is 88.8 cm³/mol. The lowest BCUT2D eigenvalue weighted by molar-refractivity contribution is 0.107. The van der Waals surface area contributed by atoms with Gasteiger partial charge in [-0.15, -0.1) is 22.7 Å². The molecule has 0 spiro atoms. The molecule has 0 aliphatic heterocycles. The minimum Gasteiger partial charge on any atom is -0.381 e. The summed E-state index contributed by atoms with van der Waals surface area (Å²) in [6.45, 7) is 7.05. The van der Waals surface area contributed by atoms with E-state index >= 15 is 0 Å². The largest absolute Gasteiger partial charge is 0.381 e. The Labute approximate surface area is 129 Å². The van der Waals surface area contributed by atoms with Crippen LogP contribution in [0.5, 0.6) is 0 Å². The van der Waals surface area contributed by atoms with Crippen molar-refractivity contribution in [2.45, 2.75) is 26.3 Å². The molecule has 0 unspecified atom stereocenters. The van der Waals surface area contributed by atoms with Gasteiger partial charge in [-0.2, -0.15) is 0 Å². The monoisotopic (exact) mass is 309 g/mol. The highest BCUT2D eigenvalue weighted by Gasteiger charge is 2.14. The minimum atomic E-state index is 0.333. The molecule has 0 aliphatic rings. The third-order valence-electron chi connectivity index (χ3n) is 2.92. The molecule has 0 fully saturated rings. The second-order valence-electron chi connectivity index (χ2n) is 5.24. The number of nitrogens with one attached hydrogen (secondary N) is 1. The van der Waals surface area contributed by atoms with Crippen LogP contribution in [0.1, 0.15) is 36.1 Å². The van der Waals surface area contributed by atoms with E-state index in [-0.39, 0.29) is 0 Å². The first-order valence-electron chi connectivity index (χ1n) is 7.15. The predicted octanol–water partition coefficient (Wildman–Crippen LogP) is 4.55. The van der Waals surface area contributed by atoms with Crippen LogP contribution in [0.15, 0.2) is 35.0 Å². The van der Waals surface area contributed by atoms with E-state index in [1.54, 1.807) is 0 Å². The molecule has 4 heteroatoms. The third-order valence-corrected chi connectivity index (χ3v) is 4.79. The first-order valence-corrected chi connectivity index (χ1v) is 8.91. The highest BCUT2D eigenvalue weighted by molar-refractivity contribution is 7.11. The van der Waals surface area contributed by atoms with E-state index in [9.17, 15) is 0 Å². The van der Waals surface area contributed by atoms with Crippen molar-refractivity contribution in [1.82, 2.24) is 5.32 Å².